The molecule has 12 heteroatoms. The number of hydrogen-bond acceptors (Lipinski definition) is 6. The quantitative estimate of drug-likeness (QED) is 0.647. The minimum absolute atomic E-state index is 0.189. The van der Waals surface area contributed by atoms with E-state index in [1.807, 2.05) is 0 Å². The van der Waals surface area contributed by atoms with Gasteiger partial charge in [-0.1, -0.05) is 6.92 Å². The molecule has 0 aliphatic carbocycles. The fourth-order valence-electron chi connectivity index (χ4n) is 1.59. The minimum atomic E-state index is -4.10. The summed E-state index contributed by atoms with van der Waals surface area (Å²) in [5.74, 6) is 0.121. The van der Waals surface area contributed by atoms with Crippen LogP contribution in [-0.4, -0.2) is 36.6 Å². The van der Waals surface area contributed by atoms with E-state index < -0.39 is 24.9 Å². The summed E-state index contributed by atoms with van der Waals surface area (Å²) in [6.45, 7) is 1.81. The lowest BCUT2D eigenvalue weighted by atomic mass is 10.5. The van der Waals surface area contributed by atoms with E-state index in [0.717, 1.165) is 17.1 Å². The molecule has 0 bridgehead atoms. The summed E-state index contributed by atoms with van der Waals surface area (Å²) in [6.07, 6.45) is 2.78. The van der Waals surface area contributed by atoms with E-state index in [2.05, 4.69) is 19.8 Å². The van der Waals surface area contributed by atoms with Crippen LogP contribution in [0.5, 0.6) is 0 Å². The molecular weight excluding hydrogens is 320 g/mol. The minimum Gasteiger partial charge on any atom is -0.332 e. The van der Waals surface area contributed by atoms with Crippen molar-refractivity contribution in [3.05, 3.63) is 18.2 Å². The van der Waals surface area contributed by atoms with Crippen LogP contribution in [0.1, 0.15) is 12.7 Å². The van der Waals surface area contributed by atoms with Crippen molar-refractivity contribution in [3.63, 3.8) is 0 Å². The van der Waals surface area contributed by atoms with E-state index in [9.17, 15) is 16.8 Å². The highest BCUT2D eigenvalue weighted by molar-refractivity contribution is 7.93. The highest BCUT2D eigenvalue weighted by atomic mass is 32.2. The van der Waals surface area contributed by atoms with E-state index in [0.29, 0.717) is 12.2 Å². The zero-order valence-electron chi connectivity index (χ0n) is 11.2. The molecule has 0 saturated heterocycles. The first kappa shape index (κ1) is 15.5. The summed E-state index contributed by atoms with van der Waals surface area (Å²) < 4.78 is 50.3. The van der Waals surface area contributed by atoms with Gasteiger partial charge in [0, 0.05) is 19.7 Å². The first-order chi connectivity index (χ1) is 9.63. The van der Waals surface area contributed by atoms with Crippen molar-refractivity contribution in [1.29, 1.82) is 0 Å². The zero-order valence-corrected chi connectivity index (χ0v) is 12.9. The lowest BCUT2D eigenvalue weighted by Crippen LogP contribution is -2.18. The summed E-state index contributed by atoms with van der Waals surface area (Å²) in [5, 5.41) is 8.58. The van der Waals surface area contributed by atoms with Gasteiger partial charge in [0.2, 0.25) is 10.0 Å². The molecular formula is C9H14N6O4S2. The molecule has 116 valence electrons. The molecule has 0 aromatic carbocycles. The molecule has 0 radical (unpaired) electrons. The van der Waals surface area contributed by atoms with Crippen molar-refractivity contribution in [2.24, 2.45) is 12.2 Å². The van der Waals surface area contributed by atoms with Crippen LogP contribution in [0.3, 0.4) is 0 Å². The number of hydrogen-bond donors (Lipinski definition) is 3. The Bertz CT molecular complexity index is 864. The van der Waals surface area contributed by atoms with Crippen LogP contribution in [-0.2, 0) is 33.5 Å². The molecule has 0 aliphatic heterocycles. The predicted molar refractivity (Wildman–Crippen MR) is 73.4 cm³/mol. The third kappa shape index (κ3) is 3.22. The number of aromatic amines is 1. The fourth-order valence-corrected chi connectivity index (χ4v) is 3.27. The first-order valence-electron chi connectivity index (χ1n) is 5.76. The Labute approximate surface area is 121 Å². The molecule has 2 aromatic rings. The maximum Gasteiger partial charge on any atom is 0.280 e. The second kappa shape index (κ2) is 5.13. The number of nitrogens with one attached hydrogen (secondary N) is 2. The van der Waals surface area contributed by atoms with Gasteiger partial charge in [-0.2, -0.15) is 13.5 Å². The standard InChI is InChI=1S/C9H14N6O4S2/c1-3-7-11-4-8(12-7)21(18,19)14-9-6(20(10,16)17)5-15(2)13-9/h4-5H,3H2,1-2H3,(H,11,12)(H,13,14)(H2,10,16,17). The summed E-state index contributed by atoms with van der Waals surface area (Å²) in [7, 11) is -6.70. The van der Waals surface area contributed by atoms with Crippen LogP contribution in [0.25, 0.3) is 0 Å². The lowest BCUT2D eigenvalue weighted by Gasteiger charge is -2.04. The van der Waals surface area contributed by atoms with Gasteiger partial charge >= 0.3 is 0 Å². The molecule has 0 unspecified atom stereocenters. The van der Waals surface area contributed by atoms with Gasteiger partial charge in [0.25, 0.3) is 10.0 Å². The second-order valence-electron chi connectivity index (χ2n) is 4.21. The topological polar surface area (TPSA) is 153 Å². The van der Waals surface area contributed by atoms with E-state index in [4.69, 9.17) is 5.14 Å². The Morgan fingerprint density at radius 1 is 1.38 bits per heavy atom. The number of anilines is 1. The summed E-state index contributed by atoms with van der Waals surface area (Å²) in [6, 6.07) is 0. The Balaban J connectivity index is 2.42. The van der Waals surface area contributed by atoms with Gasteiger partial charge in [0.1, 0.15) is 10.7 Å². The Morgan fingerprint density at radius 2 is 2.05 bits per heavy atom. The predicted octanol–water partition coefficient (Wildman–Crippen LogP) is -0.846. The zero-order chi connectivity index (χ0) is 15.8. The third-order valence-electron chi connectivity index (χ3n) is 2.56. The molecule has 4 N–H and O–H groups in total. The average molecular weight is 334 g/mol. The van der Waals surface area contributed by atoms with Crippen molar-refractivity contribution in [1.82, 2.24) is 19.7 Å². The first-order valence-corrected chi connectivity index (χ1v) is 8.79. The fraction of sp³-hybridized carbons (Fsp3) is 0.333. The van der Waals surface area contributed by atoms with Gasteiger partial charge in [-0.25, -0.2) is 18.5 Å². The Hall–Kier alpha value is -1.92. The lowest BCUT2D eigenvalue weighted by molar-refractivity contribution is 0.597. The number of nitrogens with zero attached hydrogens (tertiary/aromatic N) is 3. The number of aromatic nitrogens is 4. The number of primary sulfonamides is 1. The summed E-state index contributed by atoms with van der Waals surface area (Å²) in [5.41, 5.74) is 0. The average Bonchev–Trinajstić information content (AvgIpc) is 2.94. The Kier molecular flexibility index (Phi) is 3.78. The van der Waals surface area contributed by atoms with E-state index in [1.165, 1.54) is 7.05 Å². The molecule has 2 heterocycles. The van der Waals surface area contributed by atoms with Crippen molar-refractivity contribution in [2.45, 2.75) is 23.3 Å². The number of imidazole rings is 1. The number of nitrogens with two attached hydrogens (primary N) is 1. The number of rotatable bonds is 5. The normalized spacial score (nSPS) is 12.5. The maximum atomic E-state index is 12.2. The van der Waals surface area contributed by atoms with E-state index >= 15 is 0 Å². The number of aryl methyl sites for hydroxylation is 2. The van der Waals surface area contributed by atoms with E-state index in [1.54, 1.807) is 6.92 Å². The smallest absolute Gasteiger partial charge is 0.280 e. The summed E-state index contributed by atoms with van der Waals surface area (Å²) in [4.78, 5) is 6.07. The largest absolute Gasteiger partial charge is 0.332 e. The molecule has 0 atom stereocenters. The van der Waals surface area contributed by atoms with Crippen molar-refractivity contribution >= 4 is 25.9 Å². The van der Waals surface area contributed by atoms with Gasteiger partial charge in [0.15, 0.2) is 10.8 Å². The van der Waals surface area contributed by atoms with Crippen molar-refractivity contribution in [2.75, 3.05) is 4.72 Å². The van der Waals surface area contributed by atoms with Crippen LogP contribution in [0, 0.1) is 0 Å². The molecule has 10 nitrogen and oxygen atoms in total. The summed E-state index contributed by atoms with van der Waals surface area (Å²) >= 11 is 0. The Morgan fingerprint density at radius 3 is 2.57 bits per heavy atom. The van der Waals surface area contributed by atoms with Crippen LogP contribution >= 0.6 is 0 Å². The highest BCUT2D eigenvalue weighted by Crippen LogP contribution is 2.20. The van der Waals surface area contributed by atoms with Gasteiger partial charge in [-0.3, -0.25) is 9.40 Å². The number of H-pyrrole nitrogens is 1. The molecule has 0 saturated carbocycles. The molecule has 0 fully saturated rings. The van der Waals surface area contributed by atoms with Gasteiger partial charge in [-0.15, -0.1) is 0 Å². The van der Waals surface area contributed by atoms with Gasteiger partial charge in [0.05, 0.1) is 6.20 Å². The van der Waals surface area contributed by atoms with Gasteiger partial charge < -0.3 is 4.98 Å². The number of sulfonamides is 2. The highest BCUT2D eigenvalue weighted by Gasteiger charge is 2.24. The van der Waals surface area contributed by atoms with Crippen LogP contribution in [0.2, 0.25) is 0 Å². The second-order valence-corrected chi connectivity index (χ2v) is 7.39. The van der Waals surface area contributed by atoms with E-state index in [-0.39, 0.29) is 10.8 Å². The molecule has 0 aliphatic rings. The molecule has 2 aromatic heterocycles. The van der Waals surface area contributed by atoms with Crippen molar-refractivity contribution < 1.29 is 16.8 Å². The van der Waals surface area contributed by atoms with Gasteiger partial charge in [-0.05, 0) is 0 Å². The molecule has 21 heavy (non-hydrogen) atoms. The van der Waals surface area contributed by atoms with Crippen molar-refractivity contribution in [3.8, 4) is 0 Å². The maximum absolute atomic E-state index is 12.2. The third-order valence-corrected chi connectivity index (χ3v) is 4.72. The SMILES string of the molecule is CCc1ncc(S(=O)(=O)Nc2nn(C)cc2S(N)(=O)=O)[nH]1. The monoisotopic (exact) mass is 334 g/mol. The van der Waals surface area contributed by atoms with Crippen LogP contribution in [0.4, 0.5) is 5.82 Å². The van der Waals surface area contributed by atoms with Crippen LogP contribution in [0.15, 0.2) is 22.3 Å². The molecule has 0 amide bonds. The molecule has 2 rings (SSSR count). The molecule has 0 spiro atoms. The van der Waals surface area contributed by atoms with Crippen LogP contribution < -0.4 is 9.86 Å².